The first-order valence-corrected chi connectivity index (χ1v) is 5.40. The second-order valence-corrected chi connectivity index (χ2v) is 4.93. The van der Waals surface area contributed by atoms with Crippen LogP contribution in [0.25, 0.3) is 0 Å². The third kappa shape index (κ3) is 2.54. The molecule has 0 aromatic heterocycles. The van der Waals surface area contributed by atoms with Crippen LogP contribution in [0.3, 0.4) is 0 Å². The average molecular weight is 308 g/mol. The number of aromatic hydroxyl groups is 1. The van der Waals surface area contributed by atoms with E-state index in [1.807, 2.05) is 0 Å². The first-order valence-electron chi connectivity index (χ1n) is 3.69. The van der Waals surface area contributed by atoms with Gasteiger partial charge in [-0.15, -0.1) is 0 Å². The highest BCUT2D eigenvalue weighted by atomic mass is 79.9. The lowest BCUT2D eigenvalue weighted by Crippen LogP contribution is -2.09. The molecule has 0 amide bonds. The van der Waals surface area contributed by atoms with E-state index in [0.717, 1.165) is 4.47 Å². The zero-order valence-corrected chi connectivity index (χ0v) is 10.1. The van der Waals surface area contributed by atoms with E-state index < -0.39 is 0 Å². The Morgan fingerprint density at radius 3 is 2.69 bits per heavy atom. The molecule has 2 nitrogen and oxygen atoms in total. The number of carbonyl (C=O) groups is 1. The Hall–Kier alpha value is -0.350. The molecule has 13 heavy (non-hydrogen) atoms. The van der Waals surface area contributed by atoms with Gasteiger partial charge in [-0.05, 0) is 25.1 Å². The van der Waals surface area contributed by atoms with Crippen molar-refractivity contribution in [2.24, 2.45) is 0 Å². The molecule has 4 heteroatoms. The summed E-state index contributed by atoms with van der Waals surface area (Å²) in [6.45, 7) is 1.72. The molecule has 0 aliphatic rings. The van der Waals surface area contributed by atoms with Crippen molar-refractivity contribution < 1.29 is 9.90 Å². The molecule has 0 bridgehead atoms. The monoisotopic (exact) mass is 306 g/mol. The number of alkyl halides is 1. The molecule has 0 aliphatic carbocycles. The van der Waals surface area contributed by atoms with Gasteiger partial charge in [-0.2, -0.15) is 0 Å². The van der Waals surface area contributed by atoms with Crippen molar-refractivity contribution in [1.29, 1.82) is 0 Å². The Bertz CT molecular complexity index is 334. The lowest BCUT2D eigenvalue weighted by Gasteiger charge is -2.05. The number of rotatable bonds is 2. The van der Waals surface area contributed by atoms with E-state index in [2.05, 4.69) is 31.9 Å². The van der Waals surface area contributed by atoms with Crippen LogP contribution in [-0.2, 0) is 0 Å². The Kier molecular flexibility index (Phi) is 3.50. The van der Waals surface area contributed by atoms with E-state index in [4.69, 9.17) is 0 Å². The predicted octanol–water partition coefficient (Wildman–Crippen LogP) is 3.12. The Morgan fingerprint density at radius 2 is 2.15 bits per heavy atom. The van der Waals surface area contributed by atoms with Crippen LogP contribution in [0.5, 0.6) is 5.75 Å². The summed E-state index contributed by atoms with van der Waals surface area (Å²) in [5.74, 6) is -0.113. The molecule has 0 radical (unpaired) electrons. The van der Waals surface area contributed by atoms with Crippen LogP contribution in [0, 0.1) is 0 Å². The van der Waals surface area contributed by atoms with Gasteiger partial charge in [-0.3, -0.25) is 4.79 Å². The SMILES string of the molecule is CC(Br)C(=O)c1cc(Br)ccc1O. The molecule has 1 aromatic rings. The van der Waals surface area contributed by atoms with Crippen LogP contribution in [-0.4, -0.2) is 15.7 Å². The summed E-state index contributed by atoms with van der Waals surface area (Å²) in [5, 5.41) is 9.39. The summed E-state index contributed by atoms with van der Waals surface area (Å²) in [4.78, 5) is 11.2. The zero-order valence-electron chi connectivity index (χ0n) is 6.92. The van der Waals surface area contributed by atoms with Gasteiger partial charge >= 0.3 is 0 Å². The molecule has 0 aliphatic heterocycles. The number of ketones is 1. The van der Waals surface area contributed by atoms with Gasteiger partial charge in [0.1, 0.15) is 5.75 Å². The van der Waals surface area contributed by atoms with Gasteiger partial charge in [0.05, 0.1) is 10.4 Å². The Labute approximate surface area is 93.2 Å². The topological polar surface area (TPSA) is 37.3 Å². The standard InChI is InChI=1S/C9H8Br2O2/c1-5(10)9(13)7-4-6(11)2-3-8(7)12/h2-5,12H,1H3. The maximum absolute atomic E-state index is 11.5. The predicted molar refractivity (Wildman–Crippen MR) is 58.5 cm³/mol. The lowest BCUT2D eigenvalue weighted by molar-refractivity contribution is 0.0993. The number of phenols is 1. The van der Waals surface area contributed by atoms with E-state index in [-0.39, 0.29) is 16.4 Å². The first-order chi connectivity index (χ1) is 6.02. The van der Waals surface area contributed by atoms with Crippen molar-refractivity contribution in [2.45, 2.75) is 11.8 Å². The molecule has 1 unspecified atom stereocenters. The highest BCUT2D eigenvalue weighted by molar-refractivity contribution is 9.10. The second-order valence-electron chi connectivity index (χ2n) is 2.64. The summed E-state index contributed by atoms with van der Waals surface area (Å²) >= 11 is 6.39. The van der Waals surface area contributed by atoms with Gasteiger partial charge in [0, 0.05) is 4.47 Å². The minimum absolute atomic E-state index is 0.0134. The molecule has 0 saturated heterocycles. The fraction of sp³-hybridized carbons (Fsp3) is 0.222. The number of benzene rings is 1. The second kappa shape index (κ2) is 4.24. The van der Waals surface area contributed by atoms with Crippen molar-refractivity contribution in [3.63, 3.8) is 0 Å². The van der Waals surface area contributed by atoms with Gasteiger partial charge in [0.2, 0.25) is 0 Å². The number of hydrogen-bond acceptors (Lipinski definition) is 2. The van der Waals surface area contributed by atoms with Crippen LogP contribution >= 0.6 is 31.9 Å². The summed E-state index contributed by atoms with van der Waals surface area (Å²) in [6.07, 6.45) is 0. The fourth-order valence-electron chi connectivity index (χ4n) is 0.920. The normalized spacial score (nSPS) is 12.5. The fourth-order valence-corrected chi connectivity index (χ4v) is 1.53. The highest BCUT2D eigenvalue weighted by Gasteiger charge is 2.15. The van der Waals surface area contributed by atoms with Gasteiger partial charge in [-0.25, -0.2) is 0 Å². The summed E-state index contributed by atoms with van der Waals surface area (Å²) in [5.41, 5.74) is 0.332. The number of carbonyl (C=O) groups excluding carboxylic acids is 1. The van der Waals surface area contributed by atoms with E-state index in [0.29, 0.717) is 5.56 Å². The van der Waals surface area contributed by atoms with Crippen molar-refractivity contribution in [3.8, 4) is 5.75 Å². The van der Waals surface area contributed by atoms with Crippen LogP contribution in [0.4, 0.5) is 0 Å². The van der Waals surface area contributed by atoms with E-state index in [1.54, 1.807) is 19.1 Å². The molecular formula is C9H8Br2O2. The van der Waals surface area contributed by atoms with Crippen molar-refractivity contribution in [3.05, 3.63) is 28.2 Å². The quantitative estimate of drug-likeness (QED) is 0.673. The number of phenolic OH excluding ortho intramolecular Hbond substituents is 1. The van der Waals surface area contributed by atoms with Crippen LogP contribution < -0.4 is 0 Å². The van der Waals surface area contributed by atoms with Gasteiger partial charge in [-0.1, -0.05) is 31.9 Å². The summed E-state index contributed by atoms with van der Waals surface area (Å²) in [7, 11) is 0. The highest BCUT2D eigenvalue weighted by Crippen LogP contribution is 2.24. The number of halogens is 2. The molecule has 1 rings (SSSR count). The Balaban J connectivity index is 3.13. The van der Waals surface area contributed by atoms with Crippen LogP contribution in [0.2, 0.25) is 0 Å². The largest absolute Gasteiger partial charge is 0.507 e. The van der Waals surface area contributed by atoms with Gasteiger partial charge in [0.25, 0.3) is 0 Å². The van der Waals surface area contributed by atoms with Crippen LogP contribution in [0.15, 0.2) is 22.7 Å². The average Bonchev–Trinajstić information content (AvgIpc) is 2.08. The van der Waals surface area contributed by atoms with E-state index in [9.17, 15) is 9.90 Å². The molecule has 1 N–H and O–H groups in total. The van der Waals surface area contributed by atoms with Crippen molar-refractivity contribution >= 4 is 37.6 Å². The summed E-state index contributed by atoms with van der Waals surface area (Å²) < 4.78 is 0.779. The molecule has 1 aromatic carbocycles. The van der Waals surface area contributed by atoms with Gasteiger partial charge in [0.15, 0.2) is 5.78 Å². The smallest absolute Gasteiger partial charge is 0.179 e. The van der Waals surface area contributed by atoms with Crippen molar-refractivity contribution in [1.82, 2.24) is 0 Å². The van der Waals surface area contributed by atoms with Crippen LogP contribution in [0.1, 0.15) is 17.3 Å². The minimum atomic E-state index is -0.285. The molecule has 70 valence electrons. The first kappa shape index (κ1) is 10.7. The Morgan fingerprint density at radius 1 is 1.54 bits per heavy atom. The molecule has 0 spiro atoms. The maximum Gasteiger partial charge on any atom is 0.179 e. The molecule has 0 fully saturated rings. The van der Waals surface area contributed by atoms with Gasteiger partial charge < -0.3 is 5.11 Å². The van der Waals surface area contributed by atoms with E-state index >= 15 is 0 Å². The number of Topliss-reactive ketones (excluding diaryl/α,β-unsaturated/α-hetero) is 1. The molecule has 0 heterocycles. The third-order valence-electron chi connectivity index (χ3n) is 1.59. The number of hydrogen-bond donors (Lipinski definition) is 1. The molecule has 1 atom stereocenters. The lowest BCUT2D eigenvalue weighted by atomic mass is 10.1. The zero-order chi connectivity index (χ0) is 10.0. The minimum Gasteiger partial charge on any atom is -0.507 e. The third-order valence-corrected chi connectivity index (χ3v) is 2.49. The maximum atomic E-state index is 11.5. The van der Waals surface area contributed by atoms with E-state index in [1.165, 1.54) is 6.07 Å². The molecular weight excluding hydrogens is 300 g/mol. The molecule has 0 saturated carbocycles. The summed E-state index contributed by atoms with van der Waals surface area (Å²) in [6, 6.07) is 4.78. The van der Waals surface area contributed by atoms with Crippen molar-refractivity contribution in [2.75, 3.05) is 0 Å².